The van der Waals surface area contributed by atoms with Gasteiger partial charge < -0.3 is 10.4 Å². The van der Waals surface area contributed by atoms with Gasteiger partial charge in [-0.15, -0.1) is 0 Å². The second-order valence-electron chi connectivity index (χ2n) is 4.54. The van der Waals surface area contributed by atoms with Crippen LogP contribution in [-0.2, 0) is 4.79 Å². The van der Waals surface area contributed by atoms with Crippen molar-refractivity contribution in [2.45, 2.75) is 31.8 Å². The summed E-state index contributed by atoms with van der Waals surface area (Å²) >= 11 is 0. The lowest BCUT2D eigenvalue weighted by atomic mass is 9.85. The Hall–Kier alpha value is -1.35. The van der Waals surface area contributed by atoms with E-state index in [4.69, 9.17) is 5.11 Å². The first kappa shape index (κ1) is 11.1. The summed E-state index contributed by atoms with van der Waals surface area (Å²) in [5.41, 5.74) is 1.18. The summed E-state index contributed by atoms with van der Waals surface area (Å²) in [4.78, 5) is 11.0. The molecule has 0 aliphatic carbocycles. The largest absolute Gasteiger partial charge is 0.481 e. The highest BCUT2D eigenvalue weighted by atomic mass is 16.4. The molecule has 2 N–H and O–H groups in total. The molecule has 2 rings (SSSR count). The van der Waals surface area contributed by atoms with Gasteiger partial charge in [-0.25, -0.2) is 0 Å². The Labute approximate surface area is 95.5 Å². The van der Waals surface area contributed by atoms with Crippen molar-refractivity contribution in [3.63, 3.8) is 0 Å². The molecule has 0 spiro atoms. The SMILES string of the molecule is CC1CC(C(=O)O)CC(c2ccccc2)N1. The van der Waals surface area contributed by atoms with Gasteiger partial charge in [0.15, 0.2) is 0 Å². The third-order valence-electron chi connectivity index (χ3n) is 3.20. The summed E-state index contributed by atoms with van der Waals surface area (Å²) in [5.74, 6) is -0.893. The zero-order valence-electron chi connectivity index (χ0n) is 9.39. The van der Waals surface area contributed by atoms with Crippen molar-refractivity contribution in [3.05, 3.63) is 35.9 Å². The molecule has 0 saturated carbocycles. The zero-order chi connectivity index (χ0) is 11.5. The Kier molecular flexibility index (Phi) is 3.25. The molecule has 3 unspecified atom stereocenters. The minimum absolute atomic E-state index is 0.172. The first-order valence-electron chi connectivity index (χ1n) is 5.70. The second-order valence-corrected chi connectivity index (χ2v) is 4.54. The maximum atomic E-state index is 11.0. The lowest BCUT2D eigenvalue weighted by molar-refractivity contribution is -0.143. The Balaban J connectivity index is 2.14. The quantitative estimate of drug-likeness (QED) is 0.801. The number of hydrogen-bond donors (Lipinski definition) is 2. The molecule has 3 atom stereocenters. The molecule has 0 radical (unpaired) electrons. The molecular formula is C13H17NO2. The lowest BCUT2D eigenvalue weighted by Gasteiger charge is -2.33. The summed E-state index contributed by atoms with van der Waals surface area (Å²) in [6, 6.07) is 10.5. The van der Waals surface area contributed by atoms with E-state index in [0.717, 1.165) is 6.42 Å². The van der Waals surface area contributed by atoms with E-state index in [-0.39, 0.29) is 18.0 Å². The van der Waals surface area contributed by atoms with E-state index in [9.17, 15) is 4.79 Å². The van der Waals surface area contributed by atoms with Crippen LogP contribution in [0.4, 0.5) is 0 Å². The van der Waals surface area contributed by atoms with Crippen LogP contribution in [0.5, 0.6) is 0 Å². The molecule has 1 fully saturated rings. The summed E-state index contributed by atoms with van der Waals surface area (Å²) < 4.78 is 0. The van der Waals surface area contributed by atoms with Gasteiger partial charge in [0.2, 0.25) is 0 Å². The highest BCUT2D eigenvalue weighted by Gasteiger charge is 2.30. The van der Waals surface area contributed by atoms with E-state index in [0.29, 0.717) is 6.42 Å². The zero-order valence-corrected chi connectivity index (χ0v) is 9.39. The van der Waals surface area contributed by atoms with Gasteiger partial charge in [-0.3, -0.25) is 4.79 Å². The molecule has 0 amide bonds. The van der Waals surface area contributed by atoms with Gasteiger partial charge in [0, 0.05) is 12.1 Å². The second kappa shape index (κ2) is 4.66. The number of carboxylic acids is 1. The Morgan fingerprint density at radius 2 is 2.00 bits per heavy atom. The monoisotopic (exact) mass is 219 g/mol. The van der Waals surface area contributed by atoms with Crippen LogP contribution in [-0.4, -0.2) is 17.1 Å². The van der Waals surface area contributed by atoms with Crippen molar-refractivity contribution >= 4 is 5.97 Å². The molecule has 16 heavy (non-hydrogen) atoms. The Morgan fingerprint density at radius 3 is 2.62 bits per heavy atom. The highest BCUT2D eigenvalue weighted by Crippen LogP contribution is 2.29. The van der Waals surface area contributed by atoms with Crippen LogP contribution >= 0.6 is 0 Å². The van der Waals surface area contributed by atoms with E-state index in [1.165, 1.54) is 5.56 Å². The van der Waals surface area contributed by atoms with E-state index in [1.807, 2.05) is 25.1 Å². The third-order valence-corrected chi connectivity index (χ3v) is 3.20. The minimum atomic E-state index is -0.672. The molecule has 1 aliphatic rings. The summed E-state index contributed by atoms with van der Waals surface area (Å²) in [6.07, 6.45) is 1.41. The number of carbonyl (C=O) groups is 1. The Bertz CT molecular complexity index is 363. The number of hydrogen-bond acceptors (Lipinski definition) is 2. The van der Waals surface area contributed by atoms with E-state index in [2.05, 4.69) is 17.4 Å². The van der Waals surface area contributed by atoms with Crippen molar-refractivity contribution in [1.29, 1.82) is 0 Å². The molecule has 0 bridgehead atoms. The first-order chi connectivity index (χ1) is 7.66. The van der Waals surface area contributed by atoms with Crippen LogP contribution < -0.4 is 5.32 Å². The van der Waals surface area contributed by atoms with Crippen molar-refractivity contribution in [2.75, 3.05) is 0 Å². The van der Waals surface area contributed by atoms with Crippen LogP contribution in [0.3, 0.4) is 0 Å². The molecule has 1 saturated heterocycles. The van der Waals surface area contributed by atoms with Crippen LogP contribution in [0.1, 0.15) is 31.4 Å². The molecule has 3 nitrogen and oxygen atoms in total. The third kappa shape index (κ3) is 2.42. The van der Waals surface area contributed by atoms with Crippen molar-refractivity contribution < 1.29 is 9.90 Å². The predicted octanol–water partition coefficient (Wildman–Crippen LogP) is 2.20. The topological polar surface area (TPSA) is 49.3 Å². The van der Waals surface area contributed by atoms with Gasteiger partial charge in [-0.2, -0.15) is 0 Å². The maximum absolute atomic E-state index is 11.0. The average molecular weight is 219 g/mol. The van der Waals surface area contributed by atoms with Gasteiger partial charge in [0.05, 0.1) is 5.92 Å². The van der Waals surface area contributed by atoms with E-state index >= 15 is 0 Å². The average Bonchev–Trinajstić information content (AvgIpc) is 2.29. The summed E-state index contributed by atoms with van der Waals surface area (Å²) in [6.45, 7) is 2.05. The first-order valence-corrected chi connectivity index (χ1v) is 5.70. The van der Waals surface area contributed by atoms with E-state index < -0.39 is 5.97 Å². The molecule has 86 valence electrons. The molecule has 0 aromatic heterocycles. The van der Waals surface area contributed by atoms with Crippen LogP contribution in [0.15, 0.2) is 30.3 Å². The molecule has 1 aromatic carbocycles. The molecule has 3 heteroatoms. The smallest absolute Gasteiger partial charge is 0.306 e. The number of benzene rings is 1. The maximum Gasteiger partial charge on any atom is 0.306 e. The number of nitrogens with one attached hydrogen (secondary N) is 1. The fraction of sp³-hybridized carbons (Fsp3) is 0.462. The number of piperidine rings is 1. The van der Waals surface area contributed by atoms with Gasteiger partial charge in [-0.1, -0.05) is 30.3 Å². The normalized spacial score (nSPS) is 29.9. The van der Waals surface area contributed by atoms with Crippen LogP contribution in [0.2, 0.25) is 0 Å². The standard InChI is InChI=1S/C13H17NO2/c1-9-7-11(13(15)16)8-12(14-9)10-5-3-2-4-6-10/h2-6,9,11-12,14H,7-8H2,1H3,(H,15,16). The molecular weight excluding hydrogens is 202 g/mol. The van der Waals surface area contributed by atoms with Crippen LogP contribution in [0.25, 0.3) is 0 Å². The fourth-order valence-corrected chi connectivity index (χ4v) is 2.41. The molecule has 1 heterocycles. The summed E-state index contributed by atoms with van der Waals surface area (Å²) in [7, 11) is 0. The van der Waals surface area contributed by atoms with Gasteiger partial charge in [0.1, 0.15) is 0 Å². The van der Waals surface area contributed by atoms with Crippen molar-refractivity contribution in [2.24, 2.45) is 5.92 Å². The highest BCUT2D eigenvalue weighted by molar-refractivity contribution is 5.70. The van der Waals surface area contributed by atoms with E-state index in [1.54, 1.807) is 0 Å². The van der Waals surface area contributed by atoms with Gasteiger partial charge >= 0.3 is 5.97 Å². The lowest BCUT2D eigenvalue weighted by Crippen LogP contribution is -2.40. The van der Waals surface area contributed by atoms with Crippen molar-refractivity contribution in [3.8, 4) is 0 Å². The number of carboxylic acid groups (broad SMARTS) is 1. The molecule has 1 aromatic rings. The predicted molar refractivity (Wildman–Crippen MR) is 62.1 cm³/mol. The molecule has 1 aliphatic heterocycles. The summed E-state index contributed by atoms with van der Waals surface area (Å²) in [5, 5.41) is 12.5. The Morgan fingerprint density at radius 1 is 1.31 bits per heavy atom. The minimum Gasteiger partial charge on any atom is -0.481 e. The fourth-order valence-electron chi connectivity index (χ4n) is 2.41. The number of aliphatic carboxylic acids is 1. The van der Waals surface area contributed by atoms with Crippen molar-refractivity contribution in [1.82, 2.24) is 5.32 Å². The van der Waals surface area contributed by atoms with Gasteiger partial charge in [-0.05, 0) is 25.3 Å². The number of rotatable bonds is 2. The van der Waals surface area contributed by atoms with Crippen LogP contribution in [0, 0.1) is 5.92 Å². The van der Waals surface area contributed by atoms with Gasteiger partial charge in [0.25, 0.3) is 0 Å².